The summed E-state index contributed by atoms with van der Waals surface area (Å²) in [5.41, 5.74) is 2.20. The number of aromatic nitrogens is 3. The summed E-state index contributed by atoms with van der Waals surface area (Å²) in [6, 6.07) is 11.1. The summed E-state index contributed by atoms with van der Waals surface area (Å²) in [6.07, 6.45) is 6.86. The smallest absolute Gasteiger partial charge is 0.254 e. The number of fused-ring (bicyclic) bond motifs is 3. The lowest BCUT2D eigenvalue weighted by Crippen LogP contribution is -2.59. The molecule has 0 spiro atoms. The Morgan fingerprint density at radius 1 is 1.06 bits per heavy atom. The summed E-state index contributed by atoms with van der Waals surface area (Å²) in [5.74, 6) is 0.757. The quantitative estimate of drug-likeness (QED) is 0.639. The molecule has 1 aromatic carbocycles. The van der Waals surface area contributed by atoms with Crippen molar-refractivity contribution in [2.75, 3.05) is 6.54 Å². The number of carbonyl (C=O) groups excluding carboxylic acids is 1. The molecule has 3 fully saturated rings. The van der Waals surface area contributed by atoms with Gasteiger partial charge in [0.1, 0.15) is 6.10 Å². The number of hydrogen-bond acceptors (Lipinski definition) is 5. The van der Waals surface area contributed by atoms with Crippen LogP contribution in [0.5, 0.6) is 5.88 Å². The molecule has 158 valence electrons. The number of amides is 1. The van der Waals surface area contributed by atoms with Crippen LogP contribution in [0.25, 0.3) is 11.4 Å². The highest BCUT2D eigenvalue weighted by atomic mass is 19.1. The van der Waals surface area contributed by atoms with Crippen LogP contribution in [0.1, 0.15) is 35.2 Å². The van der Waals surface area contributed by atoms with E-state index in [0.717, 1.165) is 37.2 Å². The molecule has 2 bridgehead atoms. The van der Waals surface area contributed by atoms with Gasteiger partial charge in [0, 0.05) is 24.4 Å². The maximum Gasteiger partial charge on any atom is 0.254 e. The van der Waals surface area contributed by atoms with Gasteiger partial charge in [-0.15, -0.1) is 0 Å². The van der Waals surface area contributed by atoms with E-state index >= 15 is 0 Å². The lowest BCUT2D eigenvalue weighted by atomic mass is 9.77. The van der Waals surface area contributed by atoms with Gasteiger partial charge in [0.25, 0.3) is 5.91 Å². The summed E-state index contributed by atoms with van der Waals surface area (Å²) < 4.78 is 19.5. The van der Waals surface area contributed by atoms with Crippen molar-refractivity contribution in [2.45, 2.75) is 38.3 Å². The van der Waals surface area contributed by atoms with Crippen LogP contribution in [0, 0.1) is 18.7 Å². The van der Waals surface area contributed by atoms with E-state index in [1.54, 1.807) is 18.3 Å². The second-order valence-electron chi connectivity index (χ2n) is 8.30. The van der Waals surface area contributed by atoms with E-state index in [1.807, 2.05) is 36.1 Å². The van der Waals surface area contributed by atoms with Crippen molar-refractivity contribution in [2.24, 2.45) is 5.92 Å². The minimum atomic E-state index is -0.509. The number of pyridine rings is 1. The molecule has 3 atom stereocenters. The van der Waals surface area contributed by atoms with Crippen LogP contribution in [0.4, 0.5) is 4.39 Å². The Bertz CT molecular complexity index is 1090. The van der Waals surface area contributed by atoms with Gasteiger partial charge < -0.3 is 9.64 Å². The van der Waals surface area contributed by atoms with E-state index in [9.17, 15) is 9.18 Å². The molecular weight excluding hydrogens is 395 g/mol. The van der Waals surface area contributed by atoms with Crippen LogP contribution in [0.3, 0.4) is 0 Å². The van der Waals surface area contributed by atoms with Crippen molar-refractivity contribution in [3.63, 3.8) is 0 Å². The fourth-order valence-corrected chi connectivity index (χ4v) is 4.64. The summed E-state index contributed by atoms with van der Waals surface area (Å²) in [7, 11) is 0. The first-order valence-electron chi connectivity index (χ1n) is 10.6. The predicted molar refractivity (Wildman–Crippen MR) is 113 cm³/mol. The molecule has 0 N–H and O–H groups in total. The molecule has 3 aromatic rings. The van der Waals surface area contributed by atoms with Gasteiger partial charge in [-0.2, -0.15) is 0 Å². The maximum absolute atomic E-state index is 13.6. The van der Waals surface area contributed by atoms with Gasteiger partial charge in [-0.3, -0.25) is 4.79 Å². The Hall–Kier alpha value is -3.35. The lowest BCUT2D eigenvalue weighted by Gasteiger charge is -2.49. The Kier molecular flexibility index (Phi) is 5.10. The minimum absolute atomic E-state index is 0.0113. The average Bonchev–Trinajstić information content (AvgIpc) is 2.81. The molecule has 1 amide bonds. The summed E-state index contributed by atoms with van der Waals surface area (Å²) >= 11 is 0. The molecule has 3 aliphatic rings. The predicted octanol–water partition coefficient (Wildman–Crippen LogP) is 4.06. The third-order valence-corrected chi connectivity index (χ3v) is 6.16. The van der Waals surface area contributed by atoms with Crippen molar-refractivity contribution in [1.29, 1.82) is 0 Å². The second-order valence-corrected chi connectivity index (χ2v) is 8.30. The zero-order valence-corrected chi connectivity index (χ0v) is 17.2. The SMILES string of the molecule is Cc1ccc(O[C@@H]2C[C@@H]3CC[C@@H]2N(C(=O)c2ccccc2-c2ncc(F)cn2)C3)nc1. The average molecular weight is 418 g/mol. The standard InChI is InChI=1S/C24H23FN4O2/c1-15-6-9-22(26-11-15)31-21-10-16-7-8-20(21)29(14-16)24(30)19-5-3-2-4-18(19)23-27-12-17(25)13-28-23/h2-6,9,11-13,16,20-21H,7-8,10,14H2,1H3/t16-,20-,21+/m0/s1. The number of rotatable bonds is 4. The van der Waals surface area contributed by atoms with E-state index in [4.69, 9.17) is 4.74 Å². The van der Waals surface area contributed by atoms with Crippen LogP contribution in [-0.2, 0) is 0 Å². The van der Waals surface area contributed by atoms with Gasteiger partial charge in [-0.1, -0.05) is 24.3 Å². The van der Waals surface area contributed by atoms with E-state index in [-0.39, 0.29) is 18.1 Å². The Morgan fingerprint density at radius 3 is 2.61 bits per heavy atom. The van der Waals surface area contributed by atoms with E-state index in [1.165, 1.54) is 0 Å². The molecule has 6 rings (SSSR count). The molecule has 6 nitrogen and oxygen atoms in total. The maximum atomic E-state index is 13.6. The number of hydrogen-bond donors (Lipinski definition) is 0. The van der Waals surface area contributed by atoms with Crippen LogP contribution in [0.15, 0.2) is 55.0 Å². The molecule has 2 aromatic heterocycles. The highest BCUT2D eigenvalue weighted by Crippen LogP contribution is 2.38. The fraction of sp³-hybridized carbons (Fsp3) is 0.333. The van der Waals surface area contributed by atoms with E-state index in [2.05, 4.69) is 15.0 Å². The number of nitrogens with zero attached hydrogens (tertiary/aromatic N) is 4. The normalized spacial score (nSPS) is 22.4. The van der Waals surface area contributed by atoms with Crippen LogP contribution >= 0.6 is 0 Å². The van der Waals surface area contributed by atoms with Gasteiger partial charge in [-0.05, 0) is 43.7 Å². The third-order valence-electron chi connectivity index (χ3n) is 6.16. The highest BCUT2D eigenvalue weighted by Gasteiger charge is 2.44. The van der Waals surface area contributed by atoms with Crippen molar-refractivity contribution in [1.82, 2.24) is 19.9 Å². The van der Waals surface area contributed by atoms with Crippen molar-refractivity contribution in [3.05, 3.63) is 71.9 Å². The highest BCUT2D eigenvalue weighted by molar-refractivity contribution is 6.00. The Balaban J connectivity index is 1.42. The van der Waals surface area contributed by atoms with Gasteiger partial charge in [0.15, 0.2) is 11.6 Å². The molecule has 1 saturated carbocycles. The zero-order valence-electron chi connectivity index (χ0n) is 17.2. The van der Waals surface area contributed by atoms with Crippen molar-refractivity contribution >= 4 is 5.91 Å². The molecule has 2 aliphatic heterocycles. The number of halogens is 1. The van der Waals surface area contributed by atoms with Crippen LogP contribution in [0.2, 0.25) is 0 Å². The van der Waals surface area contributed by atoms with Gasteiger partial charge >= 0.3 is 0 Å². The summed E-state index contributed by atoms with van der Waals surface area (Å²) in [5, 5.41) is 0. The number of piperidine rings is 2. The van der Waals surface area contributed by atoms with Crippen molar-refractivity contribution < 1.29 is 13.9 Å². The van der Waals surface area contributed by atoms with E-state index in [0.29, 0.717) is 35.3 Å². The summed E-state index contributed by atoms with van der Waals surface area (Å²) in [4.78, 5) is 28.1. The zero-order chi connectivity index (χ0) is 21.4. The van der Waals surface area contributed by atoms with Gasteiger partial charge in [-0.25, -0.2) is 19.3 Å². The first-order chi connectivity index (χ1) is 15.1. The Labute approximate surface area is 180 Å². The monoisotopic (exact) mass is 418 g/mol. The van der Waals surface area contributed by atoms with E-state index < -0.39 is 5.82 Å². The molecule has 0 unspecified atom stereocenters. The first kappa shape index (κ1) is 19.6. The van der Waals surface area contributed by atoms with Crippen molar-refractivity contribution in [3.8, 4) is 17.3 Å². The largest absolute Gasteiger partial charge is 0.472 e. The molecular formula is C24H23FN4O2. The fourth-order valence-electron chi connectivity index (χ4n) is 4.64. The first-order valence-corrected chi connectivity index (χ1v) is 10.6. The number of benzene rings is 1. The molecule has 2 saturated heterocycles. The number of ether oxygens (including phenoxy) is 1. The van der Waals surface area contributed by atoms with Gasteiger partial charge in [0.2, 0.25) is 5.88 Å². The molecule has 0 radical (unpaired) electrons. The number of carbonyl (C=O) groups is 1. The Morgan fingerprint density at radius 2 is 1.87 bits per heavy atom. The molecule has 4 heterocycles. The second kappa shape index (κ2) is 8.06. The minimum Gasteiger partial charge on any atom is -0.472 e. The molecule has 31 heavy (non-hydrogen) atoms. The number of aryl methyl sites for hydroxylation is 1. The molecule has 1 aliphatic carbocycles. The molecule has 7 heteroatoms. The van der Waals surface area contributed by atoms with Crippen LogP contribution < -0.4 is 4.74 Å². The van der Waals surface area contributed by atoms with Gasteiger partial charge in [0.05, 0.1) is 24.0 Å². The topological polar surface area (TPSA) is 68.2 Å². The van der Waals surface area contributed by atoms with Crippen LogP contribution in [-0.4, -0.2) is 44.4 Å². The summed E-state index contributed by atoms with van der Waals surface area (Å²) in [6.45, 7) is 2.70. The third kappa shape index (κ3) is 3.87. The lowest BCUT2D eigenvalue weighted by molar-refractivity contribution is -0.0313.